The van der Waals surface area contributed by atoms with Crippen molar-refractivity contribution in [3.8, 4) is 33.4 Å². The molecule has 0 aliphatic heterocycles. The van der Waals surface area contributed by atoms with Crippen LogP contribution in [0, 0.1) is 0 Å². The fraction of sp³-hybridized carbons (Fsp3) is 0.0556. The van der Waals surface area contributed by atoms with Crippen molar-refractivity contribution < 1.29 is 0 Å². The summed E-state index contributed by atoms with van der Waals surface area (Å²) in [7, 11) is 0. The highest BCUT2D eigenvalue weighted by molar-refractivity contribution is 6.00. The largest absolute Gasteiger partial charge is 0.310 e. The Labute approximate surface area is 334 Å². The molecule has 0 atom stereocenters. The van der Waals surface area contributed by atoms with Crippen LogP contribution in [0.4, 0.5) is 34.1 Å². The van der Waals surface area contributed by atoms with E-state index in [2.05, 4.69) is 229 Å². The second-order valence-corrected chi connectivity index (χ2v) is 15.3. The summed E-state index contributed by atoms with van der Waals surface area (Å²) >= 11 is 0. The van der Waals surface area contributed by atoms with Gasteiger partial charge in [0.15, 0.2) is 0 Å². The SMILES string of the molecule is CC1(C)c2ccccc2-c2c(N(c3cccc(-c4ccccc4)c3)c3ccc4cnccc4c3)cc(N(c3ccccc3)c3cccc(-c4ccccc4)c3)cc21. The summed E-state index contributed by atoms with van der Waals surface area (Å²) < 4.78 is 0. The number of rotatable bonds is 8. The standard InChI is InChI=1S/C54H41N3/c1-54(2)50-27-13-12-26-49(50)53-51(54)35-48(56(44-22-10-5-11-23-44)45-24-14-20-40(32-45)38-16-6-3-7-17-38)36-52(53)57(47-29-28-43-37-55-31-30-42(43)34-47)46-25-15-21-41(33-46)39-18-8-4-9-19-39/h3-37H,1-2H3. The average molecular weight is 732 g/mol. The van der Waals surface area contributed by atoms with Gasteiger partial charge >= 0.3 is 0 Å². The van der Waals surface area contributed by atoms with Crippen LogP contribution in [0.1, 0.15) is 25.0 Å². The van der Waals surface area contributed by atoms with Crippen LogP contribution in [0.15, 0.2) is 213 Å². The third-order valence-electron chi connectivity index (χ3n) is 11.5. The van der Waals surface area contributed by atoms with Gasteiger partial charge in [0.2, 0.25) is 0 Å². The van der Waals surface area contributed by atoms with E-state index in [1.165, 1.54) is 44.5 Å². The normalized spacial score (nSPS) is 12.5. The molecule has 3 nitrogen and oxygen atoms in total. The summed E-state index contributed by atoms with van der Waals surface area (Å²) in [6, 6.07) is 72.6. The molecule has 0 spiro atoms. The Bertz CT molecular complexity index is 2880. The van der Waals surface area contributed by atoms with Crippen molar-refractivity contribution in [2.45, 2.75) is 19.3 Å². The summed E-state index contributed by atoms with van der Waals surface area (Å²) in [6.07, 6.45) is 3.82. The molecule has 0 amide bonds. The Balaban J connectivity index is 1.27. The van der Waals surface area contributed by atoms with Gasteiger partial charge in [-0.15, -0.1) is 0 Å². The van der Waals surface area contributed by atoms with Crippen LogP contribution in [0.5, 0.6) is 0 Å². The summed E-state index contributed by atoms with van der Waals surface area (Å²) in [5, 5.41) is 2.25. The van der Waals surface area contributed by atoms with Gasteiger partial charge in [0.05, 0.1) is 5.69 Å². The topological polar surface area (TPSA) is 19.4 Å². The lowest BCUT2D eigenvalue weighted by Crippen LogP contribution is -2.18. The smallest absolute Gasteiger partial charge is 0.0564 e. The van der Waals surface area contributed by atoms with Crippen molar-refractivity contribution in [3.63, 3.8) is 0 Å². The predicted molar refractivity (Wildman–Crippen MR) is 240 cm³/mol. The van der Waals surface area contributed by atoms with E-state index >= 15 is 0 Å². The first kappa shape index (κ1) is 34.3. The number of hydrogen-bond donors (Lipinski definition) is 0. The number of para-hydroxylation sites is 1. The van der Waals surface area contributed by atoms with Crippen LogP contribution in [0.2, 0.25) is 0 Å². The minimum absolute atomic E-state index is 0.252. The summed E-state index contributed by atoms with van der Waals surface area (Å²) in [5.74, 6) is 0. The predicted octanol–water partition coefficient (Wildman–Crippen LogP) is 14.8. The second-order valence-electron chi connectivity index (χ2n) is 15.3. The molecule has 0 radical (unpaired) electrons. The maximum Gasteiger partial charge on any atom is 0.0564 e. The molecular formula is C54H41N3. The quantitative estimate of drug-likeness (QED) is 0.155. The van der Waals surface area contributed by atoms with E-state index in [9.17, 15) is 0 Å². The molecule has 0 unspecified atom stereocenters. The molecular weight excluding hydrogens is 691 g/mol. The Hall–Kier alpha value is -7.23. The van der Waals surface area contributed by atoms with Crippen molar-refractivity contribution in [1.82, 2.24) is 4.98 Å². The zero-order valence-electron chi connectivity index (χ0n) is 32.0. The third kappa shape index (κ3) is 6.14. The number of aromatic nitrogens is 1. The molecule has 0 saturated heterocycles. The molecule has 9 aromatic rings. The van der Waals surface area contributed by atoms with Crippen LogP contribution >= 0.6 is 0 Å². The van der Waals surface area contributed by atoms with Crippen LogP contribution in [-0.2, 0) is 5.41 Å². The Morgan fingerprint density at radius 1 is 0.386 bits per heavy atom. The summed E-state index contributed by atoms with van der Waals surface area (Å²) in [4.78, 5) is 9.32. The van der Waals surface area contributed by atoms with Crippen LogP contribution in [0.3, 0.4) is 0 Å². The van der Waals surface area contributed by atoms with Crippen molar-refractivity contribution in [3.05, 3.63) is 224 Å². The van der Waals surface area contributed by atoms with Crippen molar-refractivity contribution in [2.75, 3.05) is 9.80 Å². The molecule has 272 valence electrons. The molecule has 0 bridgehead atoms. The van der Waals surface area contributed by atoms with Crippen molar-refractivity contribution in [2.24, 2.45) is 0 Å². The van der Waals surface area contributed by atoms with Gasteiger partial charge in [0, 0.05) is 57.2 Å². The van der Waals surface area contributed by atoms with Gasteiger partial charge in [-0.3, -0.25) is 4.98 Å². The molecule has 57 heavy (non-hydrogen) atoms. The minimum Gasteiger partial charge on any atom is -0.310 e. The van der Waals surface area contributed by atoms with Crippen LogP contribution < -0.4 is 9.80 Å². The first-order valence-electron chi connectivity index (χ1n) is 19.6. The maximum absolute atomic E-state index is 4.43. The average Bonchev–Trinajstić information content (AvgIpc) is 3.51. The van der Waals surface area contributed by atoms with Gasteiger partial charge in [-0.2, -0.15) is 0 Å². The Morgan fingerprint density at radius 3 is 1.63 bits per heavy atom. The van der Waals surface area contributed by atoms with E-state index in [0.29, 0.717) is 0 Å². The summed E-state index contributed by atoms with van der Waals surface area (Å²) in [5.41, 5.74) is 16.2. The van der Waals surface area contributed by atoms with E-state index in [0.717, 1.165) is 44.9 Å². The van der Waals surface area contributed by atoms with Gasteiger partial charge in [0.25, 0.3) is 0 Å². The zero-order valence-corrected chi connectivity index (χ0v) is 32.0. The van der Waals surface area contributed by atoms with E-state index in [4.69, 9.17) is 0 Å². The van der Waals surface area contributed by atoms with Crippen LogP contribution in [0.25, 0.3) is 44.2 Å². The van der Waals surface area contributed by atoms with Crippen LogP contribution in [-0.4, -0.2) is 4.98 Å². The number of fused-ring (bicyclic) bond motifs is 4. The van der Waals surface area contributed by atoms with E-state index < -0.39 is 0 Å². The van der Waals surface area contributed by atoms with Gasteiger partial charge in [0.1, 0.15) is 0 Å². The van der Waals surface area contributed by atoms with Gasteiger partial charge < -0.3 is 9.80 Å². The number of hydrogen-bond acceptors (Lipinski definition) is 3. The fourth-order valence-electron chi connectivity index (χ4n) is 8.66. The maximum atomic E-state index is 4.43. The highest BCUT2D eigenvalue weighted by Crippen LogP contribution is 2.56. The number of pyridine rings is 1. The molecule has 0 fully saturated rings. The fourth-order valence-corrected chi connectivity index (χ4v) is 8.66. The zero-order chi connectivity index (χ0) is 38.3. The summed E-state index contributed by atoms with van der Waals surface area (Å²) in [6.45, 7) is 4.75. The lowest BCUT2D eigenvalue weighted by atomic mass is 9.82. The Morgan fingerprint density at radius 2 is 0.947 bits per heavy atom. The molecule has 8 aromatic carbocycles. The molecule has 1 aliphatic carbocycles. The lowest BCUT2D eigenvalue weighted by Gasteiger charge is -2.33. The van der Waals surface area contributed by atoms with Crippen molar-refractivity contribution >= 4 is 44.9 Å². The number of benzene rings is 8. The third-order valence-corrected chi connectivity index (χ3v) is 11.5. The molecule has 3 heteroatoms. The minimum atomic E-state index is -0.252. The second kappa shape index (κ2) is 14.1. The van der Waals surface area contributed by atoms with Gasteiger partial charge in [-0.25, -0.2) is 0 Å². The molecule has 1 aliphatic rings. The molecule has 0 N–H and O–H groups in total. The molecule has 1 aromatic heterocycles. The first-order chi connectivity index (χ1) is 28.0. The van der Waals surface area contributed by atoms with Gasteiger partial charge in [-0.05, 0) is 111 Å². The number of anilines is 6. The molecule has 10 rings (SSSR count). The molecule has 1 heterocycles. The lowest BCUT2D eigenvalue weighted by molar-refractivity contribution is 0.660. The van der Waals surface area contributed by atoms with E-state index in [1.54, 1.807) is 0 Å². The molecule has 0 saturated carbocycles. The highest BCUT2D eigenvalue weighted by Gasteiger charge is 2.39. The monoisotopic (exact) mass is 731 g/mol. The van der Waals surface area contributed by atoms with E-state index in [1.807, 2.05) is 12.4 Å². The highest BCUT2D eigenvalue weighted by atomic mass is 15.2. The van der Waals surface area contributed by atoms with Gasteiger partial charge in [-0.1, -0.05) is 147 Å². The Kier molecular flexibility index (Phi) is 8.49. The first-order valence-corrected chi connectivity index (χ1v) is 19.6. The van der Waals surface area contributed by atoms with E-state index in [-0.39, 0.29) is 5.41 Å². The number of nitrogens with zero attached hydrogens (tertiary/aromatic N) is 3. The van der Waals surface area contributed by atoms with Crippen molar-refractivity contribution in [1.29, 1.82) is 0 Å².